The molecule has 6 heterocycles. The van der Waals surface area contributed by atoms with E-state index in [0.717, 1.165) is 38.6 Å². The Morgan fingerprint density at radius 2 is 0.792 bits per heavy atom. The van der Waals surface area contributed by atoms with E-state index in [1.54, 1.807) is 72.8 Å². The number of amides is 13. The van der Waals surface area contributed by atoms with Crippen LogP contribution in [0.2, 0.25) is 0 Å². The van der Waals surface area contributed by atoms with Crippen molar-refractivity contribution in [2.24, 2.45) is 0 Å². The third-order valence-corrected chi connectivity index (χ3v) is 19.1. The van der Waals surface area contributed by atoms with Crippen molar-refractivity contribution in [3.8, 4) is 0 Å². The largest absolute Gasteiger partial charge is 0.345 e. The monoisotopic (exact) mass is 1450 g/mol. The van der Waals surface area contributed by atoms with E-state index < -0.39 is 136 Å². The summed E-state index contributed by atoms with van der Waals surface area (Å²) in [4.78, 5) is 202. The molecule has 6 aliphatic rings. The molecule has 6 N–H and O–H groups in total. The van der Waals surface area contributed by atoms with Crippen LogP contribution < -0.4 is 31.9 Å². The van der Waals surface area contributed by atoms with Crippen LogP contribution in [-0.2, 0) is 92.1 Å². The molecule has 12 rings (SSSR count). The highest BCUT2D eigenvalue weighted by molar-refractivity contribution is 6.44. The van der Waals surface area contributed by atoms with Gasteiger partial charge in [-0.2, -0.15) is 0 Å². The first-order valence-electron chi connectivity index (χ1n) is 34.1. The fraction of sp³-hybridized carbons (Fsp3) is 0.333. The zero-order valence-electron chi connectivity index (χ0n) is 59.4. The molecule has 3 atom stereocenters. The van der Waals surface area contributed by atoms with E-state index in [-0.39, 0.29) is 137 Å². The molecule has 3 saturated heterocycles. The number of nitrogens with one attached hydrogen (secondary N) is 6. The second-order valence-electron chi connectivity index (χ2n) is 29.3. The van der Waals surface area contributed by atoms with Gasteiger partial charge < -0.3 is 25.8 Å². The van der Waals surface area contributed by atoms with Gasteiger partial charge in [0.05, 0.1) is 11.1 Å². The van der Waals surface area contributed by atoms with Crippen LogP contribution in [0.5, 0.6) is 0 Å². The van der Waals surface area contributed by atoms with Crippen molar-refractivity contribution in [3.63, 3.8) is 0 Å². The first-order chi connectivity index (χ1) is 49.8. The predicted octanol–water partition coefficient (Wildman–Crippen LogP) is 6.79. The van der Waals surface area contributed by atoms with Gasteiger partial charge in [-0.3, -0.25) is 97.6 Å². The molecule has 3 unspecified atom stereocenters. The van der Waals surface area contributed by atoms with Crippen LogP contribution in [0, 0.1) is 17.5 Å². The summed E-state index contributed by atoms with van der Waals surface area (Å²) >= 11 is 0. The van der Waals surface area contributed by atoms with Gasteiger partial charge in [0.2, 0.25) is 52.8 Å². The zero-order valence-corrected chi connectivity index (χ0v) is 59.4. The van der Waals surface area contributed by atoms with E-state index in [4.69, 9.17) is 0 Å². The average Bonchev–Trinajstić information content (AvgIpc) is 1.62. The Hall–Kier alpha value is -12.0. The van der Waals surface area contributed by atoms with Crippen molar-refractivity contribution in [2.45, 2.75) is 168 Å². The highest BCUT2D eigenvalue weighted by atomic mass is 19.2. The number of piperidine rings is 3. The Bertz CT molecular complexity index is 4760. The molecule has 6 aliphatic heterocycles. The smallest absolute Gasteiger partial charge is 0.292 e. The molecule has 0 saturated carbocycles. The lowest BCUT2D eigenvalue weighted by molar-refractivity contribution is -0.138. The van der Waals surface area contributed by atoms with Crippen LogP contribution in [0.15, 0.2) is 109 Å². The van der Waals surface area contributed by atoms with Gasteiger partial charge in [0.25, 0.3) is 41.4 Å². The van der Waals surface area contributed by atoms with E-state index in [0.29, 0.717) is 11.1 Å². The normalized spacial score (nSPS) is 17.7. The van der Waals surface area contributed by atoms with Crippen molar-refractivity contribution >= 4 is 94.1 Å². The Kier molecular flexibility index (Phi) is 22.0. The molecule has 3 fully saturated rings. The van der Waals surface area contributed by atoms with Crippen LogP contribution >= 0.6 is 0 Å². The van der Waals surface area contributed by atoms with E-state index in [1.807, 2.05) is 62.3 Å². The lowest BCUT2D eigenvalue weighted by Gasteiger charge is -2.29. The quantitative estimate of drug-likeness (QED) is 0.0350. The Morgan fingerprint density at radius 3 is 1.20 bits per heavy atom. The maximum Gasteiger partial charge on any atom is 0.292 e. The first-order valence-corrected chi connectivity index (χ1v) is 34.1. The SMILES string of the molecule is CC(C)(C)c1ccc(C(=O)C(=O)NCc2c(F)c(F)cc3c2CN(C2CCC(=O)NC2=O)C3=O)cc1.CC(C)(C)c1ccc(C(=O)C(=O)NCc2c(F)ccc3c2CN(C2CCC(=O)NC2=O)C3=O)cc1.CC(C)(C)c1ccc(C(=O)C(=O)NCc2cccc3c2C(=O)N(C2CCC(=O)NC2=O)C3=O)cc1. The molecule has 0 aliphatic carbocycles. The fourth-order valence-electron chi connectivity index (χ4n) is 13.0. The molecule has 0 radical (unpaired) electrons. The van der Waals surface area contributed by atoms with Crippen molar-refractivity contribution in [3.05, 3.63) is 210 Å². The van der Waals surface area contributed by atoms with Crippen molar-refractivity contribution in [2.75, 3.05) is 0 Å². The second-order valence-corrected chi connectivity index (χ2v) is 29.3. The number of carbonyl (C=O) groups is 16. The van der Waals surface area contributed by atoms with Crippen LogP contribution in [0.25, 0.3) is 0 Å². The Morgan fingerprint density at radius 1 is 0.415 bits per heavy atom. The average molecular weight is 1450 g/mol. The minimum atomic E-state index is -1.29. The summed E-state index contributed by atoms with van der Waals surface area (Å²) in [6, 6.07) is 25.0. The van der Waals surface area contributed by atoms with E-state index in [9.17, 15) is 89.9 Å². The van der Waals surface area contributed by atoms with E-state index >= 15 is 0 Å². The number of nitrogens with zero attached hydrogens (tertiary/aromatic N) is 3. The topological polar surface area (TPSA) is 355 Å². The van der Waals surface area contributed by atoms with Crippen molar-refractivity contribution in [1.29, 1.82) is 0 Å². The van der Waals surface area contributed by atoms with Crippen molar-refractivity contribution < 1.29 is 89.9 Å². The maximum absolute atomic E-state index is 14.7. The van der Waals surface area contributed by atoms with Gasteiger partial charge in [0, 0.05) is 90.9 Å². The van der Waals surface area contributed by atoms with Crippen LogP contribution in [0.4, 0.5) is 13.2 Å². The number of Topliss-reactive ketones (excluding diaryl/α,β-unsaturated/α-hetero) is 3. The Balaban J connectivity index is 0.000000170. The standard InChI is InChI=1S/C26H25F2N3O5.C26H26FN3O5.C26H25N3O6/c1-26(2,3)14-6-4-13(5-7-14)22(33)24(35)29-11-16-17-12-31(19-8-9-20(32)30-23(19)34)25(36)15(17)10-18(27)21(16)28;1-26(2,3)15-6-4-14(5-7-15)22(32)24(34)28-12-17-18-13-30(20-10-11-21(31)29-23(20)33)25(35)16(18)8-9-19(17)27;1-26(2,3)16-9-7-14(8-10-16)21(31)23(33)27-13-15-5-4-6-17-20(15)25(35)29(24(17)34)18-11-12-19(30)28-22(18)32/h4-7,10,19H,8-9,11-12H2,1-3H3,(H,29,35)(H,30,32,34);4-9,20H,10-13H2,1-3H3,(H,28,34)(H,29,31,33);4-10,18H,11-13H2,1-3H3,(H,27,33)(H,28,30,32). The number of benzene rings is 6. The van der Waals surface area contributed by atoms with E-state index in [1.165, 1.54) is 29.2 Å². The molecular formula is C78H76F3N9O16. The summed E-state index contributed by atoms with van der Waals surface area (Å²) < 4.78 is 43.8. The van der Waals surface area contributed by atoms with Gasteiger partial charge in [-0.05, 0) is 93.2 Å². The molecule has 0 bridgehead atoms. The summed E-state index contributed by atoms with van der Waals surface area (Å²) in [6.07, 6.45) is 0.468. The van der Waals surface area contributed by atoms with Gasteiger partial charge in [-0.25, -0.2) is 13.2 Å². The molecule has 13 amide bonds. The second kappa shape index (κ2) is 30.4. The lowest BCUT2D eigenvalue weighted by Crippen LogP contribution is -2.54. The van der Waals surface area contributed by atoms with E-state index in [2.05, 4.69) is 31.9 Å². The fourth-order valence-corrected chi connectivity index (χ4v) is 13.0. The number of hydrogen-bond acceptors (Lipinski definition) is 16. The number of carbonyl (C=O) groups excluding carboxylic acids is 16. The predicted molar refractivity (Wildman–Crippen MR) is 372 cm³/mol. The summed E-state index contributed by atoms with van der Waals surface area (Å²) in [5.41, 5.74) is 4.16. The number of ketones is 3. The molecule has 550 valence electrons. The third kappa shape index (κ3) is 16.2. The third-order valence-electron chi connectivity index (χ3n) is 19.1. The highest BCUT2D eigenvalue weighted by Crippen LogP contribution is 2.36. The summed E-state index contributed by atoms with van der Waals surface area (Å²) in [6.45, 7) is 17.0. The summed E-state index contributed by atoms with van der Waals surface area (Å²) in [5, 5.41) is 13.8. The van der Waals surface area contributed by atoms with Gasteiger partial charge in [-0.1, -0.05) is 147 Å². The Labute approximate surface area is 606 Å². The summed E-state index contributed by atoms with van der Waals surface area (Å²) in [7, 11) is 0. The number of halogens is 3. The highest BCUT2D eigenvalue weighted by Gasteiger charge is 2.47. The van der Waals surface area contributed by atoms with Gasteiger partial charge in [0.15, 0.2) is 11.6 Å². The molecule has 106 heavy (non-hydrogen) atoms. The van der Waals surface area contributed by atoms with Crippen LogP contribution in [0.1, 0.15) is 218 Å². The lowest BCUT2D eigenvalue weighted by atomic mass is 9.86. The first kappa shape index (κ1) is 76.7. The van der Waals surface area contributed by atoms with Gasteiger partial charge >= 0.3 is 0 Å². The number of fused-ring (bicyclic) bond motifs is 3. The van der Waals surface area contributed by atoms with Crippen LogP contribution in [0.3, 0.4) is 0 Å². The molecule has 6 aromatic carbocycles. The molecular weight excluding hydrogens is 1380 g/mol. The van der Waals surface area contributed by atoms with Gasteiger partial charge in [0.1, 0.15) is 23.9 Å². The summed E-state index contributed by atoms with van der Waals surface area (Å²) in [5.74, 6) is -13.9. The minimum absolute atomic E-state index is 0.0194. The molecule has 25 nitrogen and oxygen atoms in total. The molecule has 0 aromatic heterocycles. The number of rotatable bonds is 15. The van der Waals surface area contributed by atoms with Crippen molar-refractivity contribution in [1.82, 2.24) is 46.6 Å². The maximum atomic E-state index is 14.7. The number of imide groups is 4. The molecule has 6 aromatic rings. The molecule has 28 heteroatoms. The minimum Gasteiger partial charge on any atom is -0.345 e. The van der Waals surface area contributed by atoms with Crippen LogP contribution in [-0.4, -0.2) is 127 Å². The molecule has 0 spiro atoms. The van der Waals surface area contributed by atoms with Gasteiger partial charge in [-0.15, -0.1) is 0 Å². The number of hydrogen-bond donors (Lipinski definition) is 6. The zero-order chi connectivity index (χ0) is 77.3.